The molecule has 1 atom stereocenters. The summed E-state index contributed by atoms with van der Waals surface area (Å²) in [5.41, 5.74) is 2.68. The number of nitrogens with zero attached hydrogens (tertiary/aromatic N) is 1. The van der Waals surface area contributed by atoms with Crippen LogP contribution in [0.3, 0.4) is 0 Å². The number of nitrogens with one attached hydrogen (secondary N) is 1. The molecular weight excluding hydrogens is 267 g/mol. The lowest BCUT2D eigenvalue weighted by atomic mass is 10.0. The molecule has 0 aliphatic rings. The van der Waals surface area contributed by atoms with Crippen molar-refractivity contribution in [3.8, 4) is 0 Å². The molecule has 3 rings (SSSR count). The predicted octanol–water partition coefficient (Wildman–Crippen LogP) is 3.86. The minimum Gasteiger partial charge on any atom is -0.441 e. The molecule has 1 heterocycles. The zero-order valence-electron chi connectivity index (χ0n) is 11.8. The number of hydrogen-bond donors (Lipinski definition) is 1. The maximum Gasteiger partial charge on any atom is 0.197 e. The quantitative estimate of drug-likeness (QED) is 0.773. The van der Waals surface area contributed by atoms with Gasteiger partial charge in [0.2, 0.25) is 0 Å². The van der Waals surface area contributed by atoms with Crippen LogP contribution >= 0.6 is 0 Å². The van der Waals surface area contributed by atoms with E-state index >= 15 is 0 Å². The fraction of sp³-hybridized carbons (Fsp3) is 0.235. The first kappa shape index (κ1) is 13.8. The zero-order chi connectivity index (χ0) is 14.7. The average molecular weight is 284 g/mol. The van der Waals surface area contributed by atoms with Gasteiger partial charge in [-0.3, -0.25) is 0 Å². The van der Waals surface area contributed by atoms with Crippen LogP contribution < -0.4 is 5.32 Å². The van der Waals surface area contributed by atoms with E-state index in [1.165, 1.54) is 12.1 Å². The third-order valence-electron chi connectivity index (χ3n) is 3.44. The topological polar surface area (TPSA) is 38.1 Å². The van der Waals surface area contributed by atoms with Crippen molar-refractivity contribution in [2.45, 2.75) is 19.4 Å². The SMILES string of the molecule is CCNC(Cc1nc2ccccc2o1)c1ccc(F)cc1. The number of aromatic nitrogens is 1. The van der Waals surface area contributed by atoms with Crippen LogP contribution in [0.2, 0.25) is 0 Å². The first-order chi connectivity index (χ1) is 10.3. The molecule has 0 bridgehead atoms. The van der Waals surface area contributed by atoms with Crippen LogP contribution in [0.4, 0.5) is 4.39 Å². The van der Waals surface area contributed by atoms with Crippen molar-refractivity contribution in [3.05, 3.63) is 65.8 Å². The van der Waals surface area contributed by atoms with Crippen LogP contribution in [0.5, 0.6) is 0 Å². The molecule has 21 heavy (non-hydrogen) atoms. The average Bonchev–Trinajstić information content (AvgIpc) is 2.90. The molecule has 108 valence electrons. The second-order valence-electron chi connectivity index (χ2n) is 4.94. The largest absolute Gasteiger partial charge is 0.441 e. The number of hydrogen-bond acceptors (Lipinski definition) is 3. The van der Waals surface area contributed by atoms with Crippen molar-refractivity contribution >= 4 is 11.1 Å². The smallest absolute Gasteiger partial charge is 0.197 e. The van der Waals surface area contributed by atoms with Gasteiger partial charge in [0.05, 0.1) is 0 Å². The highest BCUT2D eigenvalue weighted by atomic mass is 19.1. The van der Waals surface area contributed by atoms with E-state index in [1.807, 2.05) is 31.2 Å². The first-order valence-corrected chi connectivity index (χ1v) is 7.09. The summed E-state index contributed by atoms with van der Waals surface area (Å²) in [4.78, 5) is 4.50. The lowest BCUT2D eigenvalue weighted by Gasteiger charge is -2.16. The van der Waals surface area contributed by atoms with Crippen LogP contribution in [0, 0.1) is 5.82 Å². The van der Waals surface area contributed by atoms with Gasteiger partial charge in [0.1, 0.15) is 11.3 Å². The van der Waals surface area contributed by atoms with Crippen molar-refractivity contribution in [2.75, 3.05) is 6.54 Å². The van der Waals surface area contributed by atoms with Crippen molar-refractivity contribution in [1.82, 2.24) is 10.3 Å². The summed E-state index contributed by atoms with van der Waals surface area (Å²) < 4.78 is 18.8. The lowest BCUT2D eigenvalue weighted by molar-refractivity contribution is 0.460. The normalized spacial score (nSPS) is 12.7. The summed E-state index contributed by atoms with van der Waals surface area (Å²) in [6, 6.07) is 14.3. The van der Waals surface area contributed by atoms with E-state index in [9.17, 15) is 4.39 Å². The van der Waals surface area contributed by atoms with Gasteiger partial charge in [0.15, 0.2) is 11.5 Å². The van der Waals surface area contributed by atoms with Gasteiger partial charge < -0.3 is 9.73 Å². The molecule has 0 aliphatic heterocycles. The van der Waals surface area contributed by atoms with E-state index in [2.05, 4.69) is 10.3 Å². The molecule has 0 radical (unpaired) electrons. The van der Waals surface area contributed by atoms with Crippen LogP contribution in [-0.2, 0) is 6.42 Å². The first-order valence-electron chi connectivity index (χ1n) is 7.09. The minimum atomic E-state index is -0.226. The Bertz CT molecular complexity index is 688. The Labute approximate surface area is 122 Å². The van der Waals surface area contributed by atoms with E-state index in [0.717, 1.165) is 23.2 Å². The second-order valence-corrected chi connectivity index (χ2v) is 4.94. The summed E-state index contributed by atoms with van der Waals surface area (Å²) in [7, 11) is 0. The molecule has 3 nitrogen and oxygen atoms in total. The number of para-hydroxylation sites is 2. The number of oxazole rings is 1. The number of benzene rings is 2. The van der Waals surface area contributed by atoms with Crippen molar-refractivity contribution in [2.24, 2.45) is 0 Å². The van der Waals surface area contributed by atoms with Crippen molar-refractivity contribution in [1.29, 1.82) is 0 Å². The van der Waals surface area contributed by atoms with Gasteiger partial charge in [-0.05, 0) is 36.4 Å². The van der Waals surface area contributed by atoms with Crippen LogP contribution in [0.1, 0.15) is 24.4 Å². The summed E-state index contributed by atoms with van der Waals surface area (Å²) in [5.74, 6) is 0.460. The van der Waals surface area contributed by atoms with Crippen LogP contribution in [-0.4, -0.2) is 11.5 Å². The highest BCUT2D eigenvalue weighted by Crippen LogP contribution is 2.21. The molecular formula is C17H17FN2O. The number of fused-ring (bicyclic) bond motifs is 1. The molecule has 0 amide bonds. The fourth-order valence-electron chi connectivity index (χ4n) is 2.43. The Morgan fingerprint density at radius 2 is 1.90 bits per heavy atom. The Balaban J connectivity index is 1.85. The van der Waals surface area contributed by atoms with Gasteiger partial charge in [0, 0.05) is 12.5 Å². The van der Waals surface area contributed by atoms with E-state index in [1.54, 1.807) is 12.1 Å². The third-order valence-corrected chi connectivity index (χ3v) is 3.44. The van der Waals surface area contributed by atoms with Gasteiger partial charge in [-0.15, -0.1) is 0 Å². The molecule has 0 fully saturated rings. The van der Waals surface area contributed by atoms with Gasteiger partial charge >= 0.3 is 0 Å². The molecule has 2 aromatic carbocycles. The number of rotatable bonds is 5. The Kier molecular flexibility index (Phi) is 3.97. The number of halogens is 1. The van der Waals surface area contributed by atoms with Gasteiger partial charge in [0.25, 0.3) is 0 Å². The molecule has 0 saturated heterocycles. The molecule has 1 N–H and O–H groups in total. The highest BCUT2D eigenvalue weighted by molar-refractivity contribution is 5.72. The van der Waals surface area contributed by atoms with Gasteiger partial charge in [-0.2, -0.15) is 0 Å². The second kappa shape index (κ2) is 6.06. The highest BCUT2D eigenvalue weighted by Gasteiger charge is 2.15. The lowest BCUT2D eigenvalue weighted by Crippen LogP contribution is -2.23. The van der Waals surface area contributed by atoms with E-state index < -0.39 is 0 Å². The summed E-state index contributed by atoms with van der Waals surface area (Å²) >= 11 is 0. The van der Waals surface area contributed by atoms with Gasteiger partial charge in [-0.1, -0.05) is 31.2 Å². The molecule has 4 heteroatoms. The minimum absolute atomic E-state index is 0.0589. The van der Waals surface area contributed by atoms with E-state index in [4.69, 9.17) is 4.42 Å². The standard InChI is InChI=1S/C17H17FN2O/c1-2-19-15(12-7-9-13(18)10-8-12)11-17-20-14-5-3-4-6-16(14)21-17/h3-10,15,19H,2,11H2,1H3. The van der Waals surface area contributed by atoms with Crippen molar-refractivity contribution < 1.29 is 8.81 Å². The summed E-state index contributed by atoms with van der Waals surface area (Å²) in [6.07, 6.45) is 0.633. The van der Waals surface area contributed by atoms with Crippen molar-refractivity contribution in [3.63, 3.8) is 0 Å². The van der Waals surface area contributed by atoms with Crippen LogP contribution in [0.25, 0.3) is 11.1 Å². The molecule has 1 aromatic heterocycles. The third kappa shape index (κ3) is 3.11. The molecule has 1 unspecified atom stereocenters. The molecule has 0 saturated carbocycles. The maximum atomic E-state index is 13.1. The van der Waals surface area contributed by atoms with E-state index in [-0.39, 0.29) is 11.9 Å². The van der Waals surface area contributed by atoms with E-state index in [0.29, 0.717) is 12.3 Å². The predicted molar refractivity (Wildman–Crippen MR) is 80.5 cm³/mol. The van der Waals surface area contributed by atoms with Crippen LogP contribution in [0.15, 0.2) is 52.9 Å². The molecule has 0 spiro atoms. The fourth-order valence-corrected chi connectivity index (χ4v) is 2.43. The van der Waals surface area contributed by atoms with Gasteiger partial charge in [-0.25, -0.2) is 9.37 Å². The molecule has 0 aliphatic carbocycles. The Hall–Kier alpha value is -2.20. The molecule has 3 aromatic rings. The monoisotopic (exact) mass is 284 g/mol. The Morgan fingerprint density at radius 1 is 1.14 bits per heavy atom. The Morgan fingerprint density at radius 3 is 2.62 bits per heavy atom. The number of likely N-dealkylation sites (N-methyl/N-ethyl adjacent to an activating group) is 1. The summed E-state index contributed by atoms with van der Waals surface area (Å²) in [6.45, 7) is 2.87. The zero-order valence-corrected chi connectivity index (χ0v) is 11.8. The summed E-state index contributed by atoms with van der Waals surface area (Å²) in [5, 5.41) is 3.39. The maximum absolute atomic E-state index is 13.1.